The molecule has 0 aliphatic heterocycles. The molecule has 1 amide bonds. The number of methoxy groups -OCH3 is 1. The molecule has 182 valence electrons. The van der Waals surface area contributed by atoms with Crippen molar-refractivity contribution in [2.45, 2.75) is 38.9 Å². The maximum Gasteiger partial charge on any atom is 0.407 e. The van der Waals surface area contributed by atoms with Crippen molar-refractivity contribution in [2.75, 3.05) is 26.9 Å². The average molecular weight is 500 g/mol. The van der Waals surface area contributed by atoms with Crippen molar-refractivity contribution in [1.29, 1.82) is 0 Å². The highest BCUT2D eigenvalue weighted by molar-refractivity contribution is 6.42. The van der Waals surface area contributed by atoms with Gasteiger partial charge in [-0.15, -0.1) is 0 Å². The third-order valence-electron chi connectivity index (χ3n) is 4.98. The maximum absolute atomic E-state index is 12.2. The van der Waals surface area contributed by atoms with E-state index in [1.165, 1.54) is 6.07 Å². The summed E-state index contributed by atoms with van der Waals surface area (Å²) >= 11 is 12.3. The highest BCUT2D eigenvalue weighted by Crippen LogP contribution is 2.40. The molecule has 0 radical (unpaired) electrons. The Morgan fingerprint density at radius 3 is 2.24 bits per heavy atom. The summed E-state index contributed by atoms with van der Waals surface area (Å²) in [5, 5.41) is 24.0. The van der Waals surface area contributed by atoms with Crippen molar-refractivity contribution >= 4 is 29.3 Å². The molecule has 3 N–H and O–H groups in total. The lowest BCUT2D eigenvalue weighted by Crippen LogP contribution is -2.54. The van der Waals surface area contributed by atoms with Gasteiger partial charge in [-0.1, -0.05) is 50.0 Å². The molecular weight excluding hydrogens is 469 g/mol. The molecule has 0 fully saturated rings. The second-order valence-electron chi connectivity index (χ2n) is 8.67. The molecule has 7 nitrogen and oxygen atoms in total. The molecule has 0 saturated heterocycles. The third kappa shape index (κ3) is 7.40. The van der Waals surface area contributed by atoms with Crippen molar-refractivity contribution in [3.63, 3.8) is 0 Å². The SMILES string of the molecule is COc1ccc(O[C@@H](C(C)(C)C)[C@@](O)(COC(=O)NCCCO)c2ccc(Cl)c(Cl)c2)cc1. The minimum absolute atomic E-state index is 0.0602. The highest BCUT2D eigenvalue weighted by Gasteiger charge is 2.48. The molecular formula is C24H31Cl2NO6. The van der Waals surface area contributed by atoms with Gasteiger partial charge >= 0.3 is 6.09 Å². The average Bonchev–Trinajstić information content (AvgIpc) is 2.77. The molecule has 33 heavy (non-hydrogen) atoms. The monoisotopic (exact) mass is 499 g/mol. The number of alkyl carbamates (subject to hydrolysis) is 1. The molecule has 0 aromatic heterocycles. The van der Waals surface area contributed by atoms with Gasteiger partial charge in [0.25, 0.3) is 0 Å². The Morgan fingerprint density at radius 2 is 1.70 bits per heavy atom. The lowest BCUT2D eigenvalue weighted by Gasteiger charge is -2.43. The van der Waals surface area contributed by atoms with Gasteiger partial charge in [-0.25, -0.2) is 4.79 Å². The number of amides is 1. The Hall–Kier alpha value is -2.19. The Kier molecular flexibility index (Phi) is 9.67. The first-order valence-corrected chi connectivity index (χ1v) is 11.3. The number of carbonyl (C=O) groups is 1. The van der Waals surface area contributed by atoms with Crippen LogP contribution in [0.3, 0.4) is 0 Å². The summed E-state index contributed by atoms with van der Waals surface area (Å²) < 4.78 is 16.8. The Morgan fingerprint density at radius 1 is 1.06 bits per heavy atom. The van der Waals surface area contributed by atoms with Crippen molar-refractivity contribution in [2.24, 2.45) is 5.41 Å². The number of carbonyl (C=O) groups excluding carboxylic acids is 1. The number of aliphatic hydroxyl groups excluding tert-OH is 1. The van der Waals surface area contributed by atoms with Crippen LogP contribution in [0.15, 0.2) is 42.5 Å². The molecule has 9 heteroatoms. The van der Waals surface area contributed by atoms with Gasteiger partial charge in [0.2, 0.25) is 0 Å². The van der Waals surface area contributed by atoms with Crippen LogP contribution in [-0.2, 0) is 10.3 Å². The fraction of sp³-hybridized carbons (Fsp3) is 0.458. The molecule has 0 heterocycles. The van der Waals surface area contributed by atoms with E-state index in [1.54, 1.807) is 43.5 Å². The summed E-state index contributed by atoms with van der Waals surface area (Å²) in [5.74, 6) is 1.17. The Labute approximate surface area is 204 Å². The van der Waals surface area contributed by atoms with Crippen LogP contribution in [0.25, 0.3) is 0 Å². The molecule has 2 aromatic rings. The van der Waals surface area contributed by atoms with Crippen molar-refractivity contribution in [1.82, 2.24) is 5.32 Å². The summed E-state index contributed by atoms with van der Waals surface area (Å²) in [4.78, 5) is 12.2. The van der Waals surface area contributed by atoms with Gasteiger partial charge in [-0.05, 0) is 48.4 Å². The van der Waals surface area contributed by atoms with Gasteiger partial charge in [0.05, 0.1) is 17.2 Å². The minimum atomic E-state index is -1.78. The predicted octanol–water partition coefficient (Wildman–Crippen LogP) is 4.79. The number of halogens is 2. The van der Waals surface area contributed by atoms with E-state index in [1.807, 2.05) is 20.8 Å². The summed E-state index contributed by atoms with van der Waals surface area (Å²) in [6, 6.07) is 11.7. The second kappa shape index (κ2) is 11.8. The molecule has 0 aliphatic rings. The zero-order chi connectivity index (χ0) is 24.6. The van der Waals surface area contributed by atoms with Gasteiger partial charge in [-0.2, -0.15) is 0 Å². The molecule has 0 spiro atoms. The van der Waals surface area contributed by atoms with Crippen LogP contribution < -0.4 is 14.8 Å². The third-order valence-corrected chi connectivity index (χ3v) is 5.72. The number of benzene rings is 2. The van der Waals surface area contributed by atoms with Crippen LogP contribution in [0.2, 0.25) is 10.0 Å². The van der Waals surface area contributed by atoms with Crippen molar-refractivity contribution in [3.8, 4) is 11.5 Å². The van der Waals surface area contributed by atoms with Crippen LogP contribution in [0.5, 0.6) is 11.5 Å². The van der Waals surface area contributed by atoms with Gasteiger partial charge < -0.3 is 29.7 Å². The van der Waals surface area contributed by atoms with Crippen LogP contribution in [0.1, 0.15) is 32.8 Å². The molecule has 2 aromatic carbocycles. The van der Waals surface area contributed by atoms with Crippen LogP contribution >= 0.6 is 23.2 Å². The number of rotatable bonds is 10. The highest BCUT2D eigenvalue weighted by atomic mass is 35.5. The molecule has 0 aliphatic carbocycles. The molecule has 0 unspecified atom stereocenters. The minimum Gasteiger partial charge on any atom is -0.497 e. The van der Waals surface area contributed by atoms with Crippen molar-refractivity contribution in [3.05, 3.63) is 58.1 Å². The standard InChI is InChI=1S/C24H31Cl2NO6/c1-23(2,3)21(33-18-9-7-17(31-4)8-10-18)24(30,15-32-22(29)27-12-5-13-28)16-6-11-19(25)20(26)14-16/h6-11,14,21,28,30H,5,12-13,15H2,1-4H3,(H,27,29)/t21-,24+/m0/s1. The zero-order valence-electron chi connectivity index (χ0n) is 19.2. The van der Waals surface area contributed by atoms with E-state index in [-0.39, 0.29) is 18.2 Å². The lowest BCUT2D eigenvalue weighted by molar-refractivity contribution is -0.138. The number of aliphatic hydroxyl groups is 2. The zero-order valence-corrected chi connectivity index (χ0v) is 20.7. The molecule has 0 bridgehead atoms. The van der Waals surface area contributed by atoms with Gasteiger partial charge in [0.15, 0.2) is 5.60 Å². The fourth-order valence-corrected chi connectivity index (χ4v) is 3.65. The topological polar surface area (TPSA) is 97.3 Å². The fourth-order valence-electron chi connectivity index (χ4n) is 3.35. The van der Waals surface area contributed by atoms with E-state index in [4.69, 9.17) is 42.5 Å². The van der Waals surface area contributed by atoms with E-state index < -0.39 is 29.8 Å². The first-order chi connectivity index (χ1) is 15.5. The van der Waals surface area contributed by atoms with Gasteiger partial charge in [0, 0.05) is 18.6 Å². The Balaban J connectivity index is 2.43. The van der Waals surface area contributed by atoms with Crippen molar-refractivity contribution < 1.29 is 29.2 Å². The van der Waals surface area contributed by atoms with Gasteiger partial charge in [-0.3, -0.25) is 0 Å². The summed E-state index contributed by atoms with van der Waals surface area (Å²) in [5.41, 5.74) is -1.99. The van der Waals surface area contributed by atoms with Crippen LogP contribution in [0, 0.1) is 5.41 Å². The number of hydrogen-bond acceptors (Lipinski definition) is 6. The maximum atomic E-state index is 12.2. The smallest absolute Gasteiger partial charge is 0.407 e. The number of hydrogen-bond donors (Lipinski definition) is 3. The van der Waals surface area contributed by atoms with E-state index in [0.29, 0.717) is 28.5 Å². The quantitative estimate of drug-likeness (QED) is 0.406. The van der Waals surface area contributed by atoms with E-state index >= 15 is 0 Å². The Bertz CT molecular complexity index is 916. The van der Waals surface area contributed by atoms with Crippen LogP contribution in [0.4, 0.5) is 4.79 Å². The molecule has 2 rings (SSSR count). The number of ether oxygens (including phenoxy) is 3. The largest absolute Gasteiger partial charge is 0.497 e. The first-order valence-electron chi connectivity index (χ1n) is 10.5. The summed E-state index contributed by atoms with van der Waals surface area (Å²) in [6.07, 6.45) is -1.20. The molecule has 0 saturated carbocycles. The number of nitrogens with one attached hydrogen (secondary N) is 1. The summed E-state index contributed by atoms with van der Waals surface area (Å²) in [6.45, 7) is 5.50. The molecule has 2 atom stereocenters. The summed E-state index contributed by atoms with van der Waals surface area (Å²) in [7, 11) is 1.57. The first kappa shape index (κ1) is 27.1. The van der Waals surface area contributed by atoms with Gasteiger partial charge in [0.1, 0.15) is 24.2 Å². The lowest BCUT2D eigenvalue weighted by atomic mass is 9.75. The van der Waals surface area contributed by atoms with E-state index in [9.17, 15) is 9.90 Å². The predicted molar refractivity (Wildman–Crippen MR) is 128 cm³/mol. The normalized spacial score (nSPS) is 14.2. The second-order valence-corrected chi connectivity index (χ2v) is 9.49. The van der Waals surface area contributed by atoms with Crippen LogP contribution in [-0.4, -0.2) is 49.3 Å². The van der Waals surface area contributed by atoms with E-state index in [2.05, 4.69) is 5.32 Å². The van der Waals surface area contributed by atoms with E-state index in [0.717, 1.165) is 0 Å².